The summed E-state index contributed by atoms with van der Waals surface area (Å²) in [4.78, 5) is 14.9. The van der Waals surface area contributed by atoms with Gasteiger partial charge in [0.25, 0.3) is 0 Å². The van der Waals surface area contributed by atoms with Gasteiger partial charge in [-0.05, 0) is 6.07 Å². The number of rotatable bonds is 2. The molecule has 0 aromatic carbocycles. The van der Waals surface area contributed by atoms with Crippen LogP contribution in [0.25, 0.3) is 0 Å². The second-order valence-corrected chi connectivity index (χ2v) is 2.39. The van der Waals surface area contributed by atoms with E-state index in [9.17, 15) is 4.79 Å². The summed E-state index contributed by atoms with van der Waals surface area (Å²) < 4.78 is 9.29. The molecule has 0 amide bonds. The maximum Gasteiger partial charge on any atom is 0.356 e. The molecule has 0 aliphatic heterocycles. The molecule has 0 atom stereocenters. The van der Waals surface area contributed by atoms with Crippen molar-refractivity contribution < 1.29 is 14.3 Å². The Kier molecular flexibility index (Phi) is 3.02. The van der Waals surface area contributed by atoms with E-state index < -0.39 is 5.97 Å². The van der Waals surface area contributed by atoms with Crippen molar-refractivity contribution in [2.45, 2.75) is 0 Å². The van der Waals surface area contributed by atoms with Crippen molar-refractivity contribution >= 4 is 5.97 Å². The fourth-order valence-electron chi connectivity index (χ4n) is 0.884. The van der Waals surface area contributed by atoms with Gasteiger partial charge in [-0.3, -0.25) is 0 Å². The van der Waals surface area contributed by atoms with E-state index in [0.717, 1.165) is 0 Å². The first kappa shape index (κ1) is 9.99. The SMILES string of the molecule is COC(=O)c1cc(C#N)cc(OC)n1. The number of methoxy groups -OCH3 is 2. The van der Waals surface area contributed by atoms with Gasteiger partial charge >= 0.3 is 5.97 Å². The summed E-state index contributed by atoms with van der Waals surface area (Å²) in [6.07, 6.45) is 0. The van der Waals surface area contributed by atoms with Crippen molar-refractivity contribution in [3.05, 3.63) is 23.4 Å². The number of nitriles is 1. The van der Waals surface area contributed by atoms with Gasteiger partial charge < -0.3 is 9.47 Å². The Morgan fingerprint density at radius 1 is 1.50 bits per heavy atom. The van der Waals surface area contributed by atoms with E-state index in [0.29, 0.717) is 5.56 Å². The Morgan fingerprint density at radius 3 is 2.71 bits per heavy atom. The summed E-state index contributed by atoms with van der Waals surface area (Å²) in [7, 11) is 2.65. The highest BCUT2D eigenvalue weighted by Crippen LogP contribution is 2.12. The zero-order valence-electron chi connectivity index (χ0n) is 7.77. The molecule has 0 unspecified atom stereocenters. The number of hydrogen-bond acceptors (Lipinski definition) is 5. The summed E-state index contributed by atoms with van der Waals surface area (Å²) in [6, 6.07) is 4.67. The zero-order chi connectivity index (χ0) is 10.6. The maximum atomic E-state index is 11.1. The molecule has 1 rings (SSSR count). The summed E-state index contributed by atoms with van der Waals surface area (Å²) in [5.41, 5.74) is 0.362. The first-order valence-corrected chi connectivity index (χ1v) is 3.75. The summed E-state index contributed by atoms with van der Waals surface area (Å²) in [6.45, 7) is 0. The molecule has 0 spiro atoms. The van der Waals surface area contributed by atoms with Gasteiger partial charge in [0.2, 0.25) is 5.88 Å². The number of carbonyl (C=O) groups is 1. The molecule has 0 saturated heterocycles. The number of aromatic nitrogens is 1. The molecule has 72 valence electrons. The fraction of sp³-hybridized carbons (Fsp3) is 0.222. The topological polar surface area (TPSA) is 72.2 Å². The lowest BCUT2D eigenvalue weighted by Crippen LogP contribution is -2.05. The van der Waals surface area contributed by atoms with E-state index >= 15 is 0 Å². The lowest BCUT2D eigenvalue weighted by Gasteiger charge is -2.02. The Morgan fingerprint density at radius 2 is 2.21 bits per heavy atom. The highest BCUT2D eigenvalue weighted by molar-refractivity contribution is 5.87. The summed E-state index contributed by atoms with van der Waals surface area (Å²) in [5.74, 6) is -0.384. The number of hydrogen-bond donors (Lipinski definition) is 0. The van der Waals surface area contributed by atoms with Crippen LogP contribution in [0, 0.1) is 11.3 Å². The molecule has 1 aromatic heterocycles. The molecule has 0 aliphatic rings. The monoisotopic (exact) mass is 192 g/mol. The largest absolute Gasteiger partial charge is 0.481 e. The van der Waals surface area contributed by atoms with E-state index in [1.807, 2.05) is 6.07 Å². The van der Waals surface area contributed by atoms with Crippen molar-refractivity contribution in [3.8, 4) is 11.9 Å². The number of pyridine rings is 1. The van der Waals surface area contributed by atoms with E-state index in [1.54, 1.807) is 0 Å². The molecule has 5 heteroatoms. The van der Waals surface area contributed by atoms with Crippen LogP contribution < -0.4 is 4.74 Å². The standard InChI is InChI=1S/C9H8N2O3/c1-13-8-4-6(5-10)3-7(11-8)9(12)14-2/h3-4H,1-2H3. The van der Waals surface area contributed by atoms with E-state index in [1.165, 1.54) is 26.4 Å². The number of carbonyl (C=O) groups excluding carboxylic acids is 1. The molecular formula is C9H8N2O3. The van der Waals surface area contributed by atoms with Crippen LogP contribution in [-0.2, 0) is 4.74 Å². The average Bonchev–Trinajstić information content (AvgIpc) is 2.27. The van der Waals surface area contributed by atoms with Crippen LogP contribution in [-0.4, -0.2) is 25.2 Å². The van der Waals surface area contributed by atoms with Crippen LogP contribution in [0.3, 0.4) is 0 Å². The highest BCUT2D eigenvalue weighted by Gasteiger charge is 2.10. The molecule has 1 aromatic rings. The lowest BCUT2D eigenvalue weighted by molar-refractivity contribution is 0.0593. The smallest absolute Gasteiger partial charge is 0.356 e. The minimum absolute atomic E-state index is 0.0587. The van der Waals surface area contributed by atoms with Gasteiger partial charge in [0.1, 0.15) is 0 Å². The van der Waals surface area contributed by atoms with Crippen molar-refractivity contribution in [2.75, 3.05) is 14.2 Å². The zero-order valence-corrected chi connectivity index (χ0v) is 7.77. The molecule has 5 nitrogen and oxygen atoms in total. The Labute approximate surface area is 80.9 Å². The van der Waals surface area contributed by atoms with Crippen LogP contribution in [0.1, 0.15) is 16.1 Å². The van der Waals surface area contributed by atoms with Crippen LogP contribution in [0.15, 0.2) is 12.1 Å². The van der Waals surface area contributed by atoms with Gasteiger partial charge in [-0.25, -0.2) is 9.78 Å². The summed E-state index contributed by atoms with van der Waals surface area (Å²) >= 11 is 0. The second-order valence-electron chi connectivity index (χ2n) is 2.39. The van der Waals surface area contributed by atoms with Gasteiger partial charge in [-0.15, -0.1) is 0 Å². The first-order chi connectivity index (χ1) is 6.71. The van der Waals surface area contributed by atoms with Crippen LogP contribution >= 0.6 is 0 Å². The van der Waals surface area contributed by atoms with Crippen LogP contribution in [0.5, 0.6) is 5.88 Å². The van der Waals surface area contributed by atoms with Gasteiger partial charge in [0.05, 0.1) is 25.9 Å². The van der Waals surface area contributed by atoms with Crippen molar-refractivity contribution in [2.24, 2.45) is 0 Å². The van der Waals surface area contributed by atoms with Gasteiger partial charge in [0, 0.05) is 6.07 Å². The first-order valence-electron chi connectivity index (χ1n) is 3.75. The van der Waals surface area contributed by atoms with Crippen LogP contribution in [0.2, 0.25) is 0 Å². The highest BCUT2D eigenvalue weighted by atomic mass is 16.5. The normalized spacial score (nSPS) is 8.93. The average molecular weight is 192 g/mol. The van der Waals surface area contributed by atoms with Gasteiger partial charge in [-0.2, -0.15) is 5.26 Å². The number of esters is 1. The van der Waals surface area contributed by atoms with Crippen LogP contribution in [0.4, 0.5) is 0 Å². The maximum absolute atomic E-state index is 11.1. The van der Waals surface area contributed by atoms with Gasteiger partial charge in [0.15, 0.2) is 5.69 Å². The predicted octanol–water partition coefficient (Wildman–Crippen LogP) is 0.748. The minimum Gasteiger partial charge on any atom is -0.481 e. The molecule has 0 bridgehead atoms. The molecule has 0 fully saturated rings. The molecule has 1 heterocycles. The Hall–Kier alpha value is -2.09. The third-order valence-corrected chi connectivity index (χ3v) is 1.53. The van der Waals surface area contributed by atoms with E-state index in [2.05, 4.69) is 9.72 Å². The molecule has 0 aliphatic carbocycles. The molecule has 0 N–H and O–H groups in total. The third-order valence-electron chi connectivity index (χ3n) is 1.53. The van der Waals surface area contributed by atoms with Crippen molar-refractivity contribution in [3.63, 3.8) is 0 Å². The lowest BCUT2D eigenvalue weighted by atomic mass is 10.2. The number of ether oxygens (including phenoxy) is 2. The van der Waals surface area contributed by atoms with Gasteiger partial charge in [-0.1, -0.05) is 0 Å². The molecule has 14 heavy (non-hydrogen) atoms. The Bertz CT molecular complexity index is 396. The van der Waals surface area contributed by atoms with E-state index in [-0.39, 0.29) is 11.6 Å². The number of nitrogens with zero attached hydrogens (tertiary/aromatic N) is 2. The molecular weight excluding hydrogens is 184 g/mol. The van der Waals surface area contributed by atoms with Crippen molar-refractivity contribution in [1.82, 2.24) is 4.98 Å². The molecule has 0 saturated carbocycles. The second kappa shape index (κ2) is 4.23. The molecule has 0 radical (unpaired) electrons. The predicted molar refractivity (Wildman–Crippen MR) is 46.8 cm³/mol. The Balaban J connectivity index is 3.19. The minimum atomic E-state index is -0.597. The van der Waals surface area contributed by atoms with Crippen molar-refractivity contribution in [1.29, 1.82) is 5.26 Å². The quantitative estimate of drug-likeness (QED) is 0.646. The van der Waals surface area contributed by atoms with E-state index in [4.69, 9.17) is 10.00 Å². The fourth-order valence-corrected chi connectivity index (χ4v) is 0.884. The summed E-state index contributed by atoms with van der Waals surface area (Å²) in [5, 5.41) is 8.65. The third kappa shape index (κ3) is 1.98.